The number of benzene rings is 1. The van der Waals surface area contributed by atoms with Crippen molar-refractivity contribution in [3.8, 4) is 0 Å². The Labute approximate surface area is 131 Å². The van der Waals surface area contributed by atoms with E-state index in [2.05, 4.69) is 0 Å². The standard InChI is InChI=1S/C12H9F5N4O3/c1-20-3-5(23)21(12(20)24)2-4(22)18-19-11-9(16)7(14)6(13)8(15)10(11)17/h19H,2-3H2,1H3,(H,18,22). The first-order valence-corrected chi connectivity index (χ1v) is 6.26. The van der Waals surface area contributed by atoms with E-state index >= 15 is 0 Å². The summed E-state index contributed by atoms with van der Waals surface area (Å²) >= 11 is 0. The third-order valence-corrected chi connectivity index (χ3v) is 3.07. The molecule has 7 nitrogen and oxygen atoms in total. The number of hydrogen-bond donors (Lipinski definition) is 2. The maximum atomic E-state index is 13.4. The lowest BCUT2D eigenvalue weighted by Crippen LogP contribution is -2.43. The molecule has 12 heteroatoms. The number of nitrogens with one attached hydrogen (secondary N) is 2. The number of urea groups is 1. The number of nitrogens with zero attached hydrogens (tertiary/aromatic N) is 2. The van der Waals surface area contributed by atoms with Crippen LogP contribution in [0, 0.1) is 29.1 Å². The fourth-order valence-corrected chi connectivity index (χ4v) is 1.85. The highest BCUT2D eigenvalue weighted by Crippen LogP contribution is 2.26. The third kappa shape index (κ3) is 2.94. The SMILES string of the molecule is CN1CC(=O)N(CC(=O)NNc2c(F)c(F)c(F)c(F)c2F)C1=O. The summed E-state index contributed by atoms with van der Waals surface area (Å²) in [4.78, 5) is 36.1. The van der Waals surface area contributed by atoms with Crippen molar-refractivity contribution < 1.29 is 36.3 Å². The second-order valence-electron chi connectivity index (χ2n) is 4.74. The van der Waals surface area contributed by atoms with Crippen LogP contribution in [0.15, 0.2) is 0 Å². The second-order valence-corrected chi connectivity index (χ2v) is 4.74. The largest absolute Gasteiger partial charge is 0.327 e. The molecule has 0 atom stereocenters. The molecule has 2 rings (SSSR count). The molecule has 4 amide bonds. The lowest BCUT2D eigenvalue weighted by molar-refractivity contribution is -0.130. The number of hydrazine groups is 1. The van der Waals surface area contributed by atoms with Crippen LogP contribution in [-0.4, -0.2) is 47.8 Å². The maximum absolute atomic E-state index is 13.4. The normalized spacial score (nSPS) is 14.4. The average molecular weight is 352 g/mol. The monoisotopic (exact) mass is 352 g/mol. The zero-order valence-electron chi connectivity index (χ0n) is 11.9. The van der Waals surface area contributed by atoms with Gasteiger partial charge in [-0.2, -0.15) is 0 Å². The molecule has 130 valence electrons. The molecule has 1 heterocycles. The molecule has 0 saturated carbocycles. The molecule has 2 N–H and O–H groups in total. The Kier molecular flexibility index (Phi) is 4.57. The molecule has 1 fully saturated rings. The summed E-state index contributed by atoms with van der Waals surface area (Å²) in [7, 11) is 1.31. The van der Waals surface area contributed by atoms with Crippen LogP contribution < -0.4 is 10.9 Å². The summed E-state index contributed by atoms with van der Waals surface area (Å²) in [5, 5.41) is 0. The lowest BCUT2D eigenvalue weighted by Gasteiger charge is -2.15. The van der Waals surface area contributed by atoms with Crippen LogP contribution in [0.1, 0.15) is 0 Å². The minimum Gasteiger partial charge on any atom is -0.318 e. The molecule has 24 heavy (non-hydrogen) atoms. The molecule has 1 aliphatic rings. The van der Waals surface area contributed by atoms with Gasteiger partial charge in [-0.1, -0.05) is 0 Å². The Morgan fingerprint density at radius 2 is 1.50 bits per heavy atom. The molecular weight excluding hydrogens is 343 g/mol. The first kappa shape index (κ1) is 17.4. The van der Waals surface area contributed by atoms with Crippen LogP contribution in [0.2, 0.25) is 0 Å². The summed E-state index contributed by atoms with van der Waals surface area (Å²) in [5.74, 6) is -12.9. The van der Waals surface area contributed by atoms with Crippen LogP contribution in [-0.2, 0) is 9.59 Å². The number of carbonyl (C=O) groups is 3. The Balaban J connectivity index is 2.08. The van der Waals surface area contributed by atoms with Gasteiger partial charge in [0.2, 0.25) is 5.82 Å². The van der Waals surface area contributed by atoms with E-state index in [-0.39, 0.29) is 6.54 Å². The van der Waals surface area contributed by atoms with Crippen LogP contribution >= 0.6 is 0 Å². The molecular formula is C12H9F5N4O3. The van der Waals surface area contributed by atoms with E-state index < -0.39 is 59.2 Å². The quantitative estimate of drug-likeness (QED) is 0.275. The number of imide groups is 1. The molecule has 1 aromatic rings. The number of carbonyl (C=O) groups excluding carboxylic acids is 3. The molecule has 0 bridgehead atoms. The van der Waals surface area contributed by atoms with Gasteiger partial charge in [0.25, 0.3) is 11.8 Å². The Morgan fingerprint density at radius 3 is 1.96 bits per heavy atom. The smallest absolute Gasteiger partial charge is 0.318 e. The van der Waals surface area contributed by atoms with Crippen molar-refractivity contribution in [3.05, 3.63) is 29.1 Å². The predicted octanol–water partition coefficient (Wildman–Crippen LogP) is 0.719. The van der Waals surface area contributed by atoms with Crippen molar-refractivity contribution in [1.82, 2.24) is 15.2 Å². The zero-order valence-corrected chi connectivity index (χ0v) is 11.9. The molecule has 0 aromatic heterocycles. The summed E-state index contributed by atoms with van der Waals surface area (Å²) < 4.78 is 65.6. The Morgan fingerprint density at radius 1 is 1.00 bits per heavy atom. The maximum Gasteiger partial charge on any atom is 0.327 e. The molecule has 0 unspecified atom stereocenters. The van der Waals surface area contributed by atoms with Gasteiger partial charge in [-0.3, -0.25) is 25.3 Å². The second kappa shape index (κ2) is 6.29. The van der Waals surface area contributed by atoms with E-state index in [9.17, 15) is 36.3 Å². The lowest BCUT2D eigenvalue weighted by atomic mass is 10.2. The molecule has 0 spiro atoms. The topological polar surface area (TPSA) is 81.8 Å². The van der Waals surface area contributed by atoms with Crippen molar-refractivity contribution in [2.45, 2.75) is 0 Å². The van der Waals surface area contributed by atoms with E-state index in [0.29, 0.717) is 4.90 Å². The highest BCUT2D eigenvalue weighted by Gasteiger charge is 2.35. The van der Waals surface area contributed by atoms with E-state index in [1.165, 1.54) is 7.05 Å². The van der Waals surface area contributed by atoms with E-state index in [1.54, 1.807) is 10.9 Å². The van der Waals surface area contributed by atoms with Gasteiger partial charge in [0.1, 0.15) is 18.8 Å². The number of hydrogen-bond acceptors (Lipinski definition) is 4. The van der Waals surface area contributed by atoms with Gasteiger partial charge in [0, 0.05) is 7.05 Å². The number of halogens is 5. The van der Waals surface area contributed by atoms with Crippen LogP contribution in [0.3, 0.4) is 0 Å². The number of anilines is 1. The van der Waals surface area contributed by atoms with Gasteiger partial charge in [-0.25, -0.2) is 26.7 Å². The summed E-state index contributed by atoms with van der Waals surface area (Å²) in [6.45, 7) is -1.05. The first-order chi connectivity index (χ1) is 11.1. The Hall–Kier alpha value is -2.92. The molecule has 1 aromatic carbocycles. The van der Waals surface area contributed by atoms with Crippen molar-refractivity contribution in [3.63, 3.8) is 0 Å². The van der Waals surface area contributed by atoms with Crippen molar-refractivity contribution >= 4 is 23.5 Å². The number of rotatable bonds is 4. The third-order valence-electron chi connectivity index (χ3n) is 3.07. The highest BCUT2D eigenvalue weighted by molar-refractivity contribution is 6.04. The zero-order chi connectivity index (χ0) is 18.2. The summed E-state index contributed by atoms with van der Waals surface area (Å²) in [6.07, 6.45) is 0. The number of likely N-dealkylation sites (N-methyl/N-ethyl adjacent to an activating group) is 1. The van der Waals surface area contributed by atoms with Gasteiger partial charge >= 0.3 is 6.03 Å². The minimum absolute atomic E-state index is 0.253. The average Bonchev–Trinajstić information content (AvgIpc) is 2.77. The minimum atomic E-state index is -2.35. The fraction of sp³-hybridized carbons (Fsp3) is 0.250. The van der Waals surface area contributed by atoms with E-state index in [0.717, 1.165) is 4.90 Å². The summed E-state index contributed by atoms with van der Waals surface area (Å²) in [6, 6.07) is -0.772. The first-order valence-electron chi connectivity index (χ1n) is 6.26. The van der Waals surface area contributed by atoms with Gasteiger partial charge in [-0.05, 0) is 0 Å². The predicted molar refractivity (Wildman–Crippen MR) is 67.7 cm³/mol. The molecule has 1 aliphatic heterocycles. The molecule has 0 radical (unpaired) electrons. The van der Waals surface area contributed by atoms with E-state index in [4.69, 9.17) is 0 Å². The van der Waals surface area contributed by atoms with Gasteiger partial charge in [0.05, 0.1) is 0 Å². The highest BCUT2D eigenvalue weighted by atomic mass is 19.2. The van der Waals surface area contributed by atoms with Crippen molar-refractivity contribution in [1.29, 1.82) is 0 Å². The van der Waals surface area contributed by atoms with E-state index in [1.807, 2.05) is 0 Å². The summed E-state index contributed by atoms with van der Waals surface area (Å²) in [5.41, 5.74) is 1.72. The van der Waals surface area contributed by atoms with Crippen LogP contribution in [0.4, 0.5) is 32.4 Å². The van der Waals surface area contributed by atoms with Gasteiger partial charge in [-0.15, -0.1) is 0 Å². The van der Waals surface area contributed by atoms with Crippen molar-refractivity contribution in [2.75, 3.05) is 25.6 Å². The van der Waals surface area contributed by atoms with Gasteiger partial charge < -0.3 is 4.90 Å². The van der Waals surface area contributed by atoms with Crippen LogP contribution in [0.25, 0.3) is 0 Å². The Bertz CT molecular complexity index is 713. The molecule has 0 aliphatic carbocycles. The molecule has 1 saturated heterocycles. The van der Waals surface area contributed by atoms with Crippen molar-refractivity contribution in [2.24, 2.45) is 0 Å². The van der Waals surface area contributed by atoms with Gasteiger partial charge in [0.15, 0.2) is 23.3 Å². The fourth-order valence-electron chi connectivity index (χ4n) is 1.85. The van der Waals surface area contributed by atoms with Crippen LogP contribution in [0.5, 0.6) is 0 Å². The number of amides is 4.